The van der Waals surface area contributed by atoms with Gasteiger partial charge in [-0.25, -0.2) is 17.8 Å². The first-order chi connectivity index (χ1) is 12.3. The first-order valence-corrected chi connectivity index (χ1v) is 10.2. The van der Waals surface area contributed by atoms with Crippen LogP contribution in [-0.4, -0.2) is 27.2 Å². The summed E-state index contributed by atoms with van der Waals surface area (Å²) in [5, 5.41) is 6.36. The number of sulfone groups is 1. The molecule has 0 heterocycles. The van der Waals surface area contributed by atoms with Gasteiger partial charge in [0.05, 0.1) is 11.4 Å². The quantitative estimate of drug-likeness (QED) is 0.600. The van der Waals surface area contributed by atoms with Crippen LogP contribution in [0.15, 0.2) is 52.4 Å². The zero-order chi connectivity index (χ0) is 19.2. The predicted molar refractivity (Wildman–Crippen MR) is 102 cm³/mol. The van der Waals surface area contributed by atoms with Crippen molar-refractivity contribution in [3.63, 3.8) is 0 Å². The van der Waals surface area contributed by atoms with E-state index in [2.05, 4.69) is 15.6 Å². The van der Waals surface area contributed by atoms with E-state index in [-0.39, 0.29) is 5.82 Å². The number of nitrogens with zero attached hydrogens (tertiary/aromatic N) is 1. The Morgan fingerprint density at radius 1 is 1.08 bits per heavy atom. The summed E-state index contributed by atoms with van der Waals surface area (Å²) in [6, 6.07) is 11.7. The maximum absolute atomic E-state index is 13.3. The van der Waals surface area contributed by atoms with Gasteiger partial charge in [0.2, 0.25) is 0 Å². The molecule has 0 atom stereocenters. The SMILES string of the molecule is CCNC(=NCc1ccc(F)c(C)c1)NCc1ccc(S(C)(=O)=O)cc1. The molecule has 26 heavy (non-hydrogen) atoms. The van der Waals surface area contributed by atoms with Crippen LogP contribution in [0.5, 0.6) is 0 Å². The second kappa shape index (κ2) is 8.80. The predicted octanol–water partition coefficient (Wildman–Crippen LogP) is 2.79. The number of hydrogen-bond donors (Lipinski definition) is 2. The third-order valence-corrected chi connectivity index (χ3v) is 4.93. The number of guanidine groups is 1. The molecule has 0 aliphatic heterocycles. The van der Waals surface area contributed by atoms with Crippen molar-refractivity contribution in [3.8, 4) is 0 Å². The van der Waals surface area contributed by atoms with Gasteiger partial charge in [0, 0.05) is 19.3 Å². The van der Waals surface area contributed by atoms with Crippen molar-refractivity contribution >= 4 is 15.8 Å². The molecule has 0 spiro atoms. The molecule has 5 nitrogen and oxygen atoms in total. The van der Waals surface area contributed by atoms with E-state index in [0.29, 0.717) is 36.1 Å². The summed E-state index contributed by atoms with van der Waals surface area (Å²) in [6.07, 6.45) is 1.19. The number of aryl methyl sites for hydroxylation is 1. The molecule has 2 aromatic rings. The molecule has 2 aromatic carbocycles. The molecule has 0 aromatic heterocycles. The molecule has 0 radical (unpaired) electrons. The Labute approximate surface area is 154 Å². The number of halogens is 1. The van der Waals surface area contributed by atoms with Gasteiger partial charge in [-0.3, -0.25) is 0 Å². The molecule has 140 valence electrons. The fourth-order valence-electron chi connectivity index (χ4n) is 2.36. The maximum Gasteiger partial charge on any atom is 0.191 e. The minimum atomic E-state index is -3.19. The van der Waals surface area contributed by atoms with Crippen LogP contribution < -0.4 is 10.6 Å². The van der Waals surface area contributed by atoms with Crippen molar-refractivity contribution in [1.82, 2.24) is 10.6 Å². The average Bonchev–Trinajstić information content (AvgIpc) is 2.60. The molecule has 0 amide bonds. The van der Waals surface area contributed by atoms with E-state index in [9.17, 15) is 12.8 Å². The van der Waals surface area contributed by atoms with Crippen LogP contribution >= 0.6 is 0 Å². The molecule has 0 aliphatic carbocycles. The average molecular weight is 377 g/mol. The lowest BCUT2D eigenvalue weighted by Gasteiger charge is -2.12. The Balaban J connectivity index is 2.01. The maximum atomic E-state index is 13.3. The fourth-order valence-corrected chi connectivity index (χ4v) is 2.99. The van der Waals surface area contributed by atoms with Gasteiger partial charge in [0.25, 0.3) is 0 Å². The molecule has 0 fully saturated rings. The molecule has 0 saturated carbocycles. The molecular weight excluding hydrogens is 353 g/mol. The van der Waals surface area contributed by atoms with E-state index in [1.807, 2.05) is 6.92 Å². The summed E-state index contributed by atoms with van der Waals surface area (Å²) in [6.45, 7) is 5.36. The van der Waals surface area contributed by atoms with Gasteiger partial charge in [0.1, 0.15) is 5.82 Å². The minimum absolute atomic E-state index is 0.222. The molecule has 0 bridgehead atoms. The van der Waals surface area contributed by atoms with Gasteiger partial charge in [-0.05, 0) is 48.7 Å². The van der Waals surface area contributed by atoms with E-state index in [1.54, 1.807) is 43.3 Å². The van der Waals surface area contributed by atoms with Crippen LogP contribution in [0.25, 0.3) is 0 Å². The molecule has 2 N–H and O–H groups in total. The standard InChI is InChI=1S/C19H24FN3O2S/c1-4-21-19(23-13-16-7-10-18(20)14(2)11-16)22-12-15-5-8-17(9-6-15)26(3,24)25/h5-11H,4,12-13H2,1-3H3,(H2,21,22,23). The lowest BCUT2D eigenvalue weighted by molar-refractivity contribution is 0.602. The molecular formula is C19H24FN3O2S. The van der Waals surface area contributed by atoms with E-state index in [0.717, 1.165) is 11.1 Å². The van der Waals surface area contributed by atoms with Crippen molar-refractivity contribution in [1.29, 1.82) is 0 Å². The molecule has 2 rings (SSSR count). The summed E-state index contributed by atoms with van der Waals surface area (Å²) in [4.78, 5) is 4.80. The van der Waals surface area contributed by atoms with E-state index >= 15 is 0 Å². The second-order valence-electron chi connectivity index (χ2n) is 6.05. The Morgan fingerprint density at radius 2 is 1.73 bits per heavy atom. The third-order valence-electron chi connectivity index (χ3n) is 3.80. The topological polar surface area (TPSA) is 70.6 Å². The van der Waals surface area contributed by atoms with Gasteiger partial charge in [-0.2, -0.15) is 0 Å². The number of nitrogens with one attached hydrogen (secondary N) is 2. The van der Waals surface area contributed by atoms with Crippen molar-refractivity contribution < 1.29 is 12.8 Å². The monoisotopic (exact) mass is 377 g/mol. The third kappa shape index (κ3) is 5.84. The summed E-state index contributed by atoms with van der Waals surface area (Å²) in [5.41, 5.74) is 2.47. The molecule has 0 saturated heterocycles. The molecule has 0 aliphatic rings. The number of benzene rings is 2. The Kier molecular flexibility index (Phi) is 6.74. The molecule has 7 heteroatoms. The van der Waals surface area contributed by atoms with Crippen molar-refractivity contribution in [2.45, 2.75) is 31.8 Å². The minimum Gasteiger partial charge on any atom is -0.357 e. The highest BCUT2D eigenvalue weighted by molar-refractivity contribution is 7.90. The van der Waals surface area contributed by atoms with Crippen molar-refractivity contribution in [2.75, 3.05) is 12.8 Å². The lowest BCUT2D eigenvalue weighted by atomic mass is 10.1. The van der Waals surface area contributed by atoms with Gasteiger partial charge < -0.3 is 10.6 Å². The van der Waals surface area contributed by atoms with Gasteiger partial charge in [-0.1, -0.05) is 24.3 Å². The van der Waals surface area contributed by atoms with Crippen molar-refractivity contribution in [3.05, 3.63) is 65.0 Å². The van der Waals surface area contributed by atoms with Gasteiger partial charge in [-0.15, -0.1) is 0 Å². The first-order valence-electron chi connectivity index (χ1n) is 8.36. The highest BCUT2D eigenvalue weighted by atomic mass is 32.2. The van der Waals surface area contributed by atoms with Crippen LogP contribution in [0.4, 0.5) is 4.39 Å². The smallest absolute Gasteiger partial charge is 0.191 e. The van der Waals surface area contributed by atoms with Gasteiger partial charge in [0.15, 0.2) is 15.8 Å². The summed E-state index contributed by atoms with van der Waals surface area (Å²) in [5.74, 6) is 0.418. The highest BCUT2D eigenvalue weighted by Crippen LogP contribution is 2.11. The zero-order valence-electron chi connectivity index (χ0n) is 15.2. The van der Waals surface area contributed by atoms with Crippen LogP contribution in [0, 0.1) is 12.7 Å². The van der Waals surface area contributed by atoms with E-state index < -0.39 is 9.84 Å². The number of rotatable bonds is 6. The van der Waals surface area contributed by atoms with Gasteiger partial charge >= 0.3 is 0 Å². The van der Waals surface area contributed by atoms with Crippen LogP contribution in [0.3, 0.4) is 0 Å². The van der Waals surface area contributed by atoms with Crippen LogP contribution in [0.2, 0.25) is 0 Å². The summed E-state index contributed by atoms with van der Waals surface area (Å²) >= 11 is 0. The molecule has 0 unspecified atom stereocenters. The second-order valence-corrected chi connectivity index (χ2v) is 8.06. The zero-order valence-corrected chi connectivity index (χ0v) is 16.0. The number of aliphatic imine (C=N–C) groups is 1. The highest BCUT2D eigenvalue weighted by Gasteiger charge is 2.06. The Morgan fingerprint density at radius 3 is 2.31 bits per heavy atom. The summed E-state index contributed by atoms with van der Waals surface area (Å²) in [7, 11) is -3.19. The van der Waals surface area contributed by atoms with E-state index in [4.69, 9.17) is 0 Å². The first kappa shape index (κ1) is 19.9. The summed E-state index contributed by atoms with van der Waals surface area (Å²) < 4.78 is 36.3. The fraction of sp³-hybridized carbons (Fsp3) is 0.316. The lowest BCUT2D eigenvalue weighted by Crippen LogP contribution is -2.36. The Bertz CT molecular complexity index is 878. The van der Waals surface area contributed by atoms with Crippen molar-refractivity contribution in [2.24, 2.45) is 4.99 Å². The van der Waals surface area contributed by atoms with Crippen LogP contribution in [-0.2, 0) is 22.9 Å². The Hall–Kier alpha value is -2.41. The normalized spacial score (nSPS) is 12.1. The largest absolute Gasteiger partial charge is 0.357 e. The van der Waals surface area contributed by atoms with E-state index in [1.165, 1.54) is 12.3 Å². The van der Waals surface area contributed by atoms with Crippen LogP contribution in [0.1, 0.15) is 23.6 Å². The number of hydrogen-bond acceptors (Lipinski definition) is 3.